The van der Waals surface area contributed by atoms with Gasteiger partial charge < -0.3 is 20.9 Å². The van der Waals surface area contributed by atoms with E-state index in [1.807, 2.05) is 11.9 Å². The van der Waals surface area contributed by atoms with Crippen molar-refractivity contribution >= 4 is 23.5 Å². The lowest BCUT2D eigenvalue weighted by molar-refractivity contribution is -0.214. The quantitative estimate of drug-likeness (QED) is 0.807. The smallest absolute Gasteiger partial charge is 0.233 e. The Morgan fingerprint density at radius 2 is 1.62 bits per heavy atom. The molecule has 8 nitrogen and oxygen atoms in total. The van der Waals surface area contributed by atoms with E-state index >= 15 is 0 Å². The second kappa shape index (κ2) is 5.90. The summed E-state index contributed by atoms with van der Waals surface area (Å²) in [5, 5.41) is 3.33. The molecule has 2 bridgehead atoms. The van der Waals surface area contributed by atoms with E-state index in [0.717, 1.165) is 25.9 Å². The number of nitrogens with one attached hydrogen (secondary N) is 1. The molecule has 0 radical (unpaired) electrons. The molecule has 140 valence electrons. The summed E-state index contributed by atoms with van der Waals surface area (Å²) >= 11 is 0. The Morgan fingerprint density at radius 3 is 2.19 bits per heavy atom. The van der Waals surface area contributed by atoms with Gasteiger partial charge in [-0.1, -0.05) is 0 Å². The predicted octanol–water partition coefficient (Wildman–Crippen LogP) is 0.402. The first-order chi connectivity index (χ1) is 12.4. The van der Waals surface area contributed by atoms with Crippen LogP contribution in [-0.2, 0) is 9.59 Å². The molecule has 1 aromatic heterocycles. The molecule has 3 aliphatic carbocycles. The van der Waals surface area contributed by atoms with Crippen molar-refractivity contribution in [3.05, 3.63) is 12.4 Å². The fourth-order valence-corrected chi connectivity index (χ4v) is 4.95. The number of carbonyl (C=O) groups is 2. The summed E-state index contributed by atoms with van der Waals surface area (Å²) in [6, 6.07) is 0.319. The van der Waals surface area contributed by atoms with Crippen LogP contribution in [0.15, 0.2) is 12.4 Å². The van der Waals surface area contributed by atoms with Crippen LogP contribution in [0.2, 0.25) is 0 Å². The minimum Gasteiger partial charge on any atom is -0.368 e. The SMILES string of the molecule is CN(C(=O)C12CC(C(=O)N(C)C3CCNCC3)(C1)C2)c1cnc(N)nc1. The second-order valence-corrected chi connectivity index (χ2v) is 8.15. The molecule has 0 atom stereocenters. The van der Waals surface area contributed by atoms with E-state index in [-0.39, 0.29) is 28.6 Å². The predicted molar refractivity (Wildman–Crippen MR) is 97.2 cm³/mol. The van der Waals surface area contributed by atoms with Crippen LogP contribution in [0.3, 0.4) is 0 Å². The van der Waals surface area contributed by atoms with E-state index in [1.54, 1.807) is 24.3 Å². The van der Waals surface area contributed by atoms with Crippen molar-refractivity contribution in [1.29, 1.82) is 0 Å². The fourth-order valence-electron chi connectivity index (χ4n) is 4.95. The van der Waals surface area contributed by atoms with Gasteiger partial charge in [-0.05, 0) is 45.2 Å². The van der Waals surface area contributed by atoms with Crippen LogP contribution in [-0.4, -0.2) is 59.9 Å². The number of anilines is 2. The zero-order chi connectivity index (χ0) is 18.5. The topological polar surface area (TPSA) is 104 Å². The standard InChI is InChI=1S/C18H26N6O2/c1-23(12-3-5-20-6-4-12)14(25)17-9-18(10-17,11-17)15(26)24(2)13-7-21-16(19)22-8-13/h7-8,12,20H,3-6,9-11H2,1-2H3,(H2,19,21,22). The number of piperidine rings is 1. The maximum atomic E-state index is 13.0. The maximum absolute atomic E-state index is 13.0. The maximum Gasteiger partial charge on any atom is 0.233 e. The third-order valence-corrected chi connectivity index (χ3v) is 6.46. The highest BCUT2D eigenvalue weighted by Gasteiger charge is 2.75. The van der Waals surface area contributed by atoms with Crippen LogP contribution in [0.4, 0.5) is 11.6 Å². The van der Waals surface area contributed by atoms with Gasteiger partial charge in [-0.25, -0.2) is 9.97 Å². The third kappa shape index (κ3) is 2.46. The van der Waals surface area contributed by atoms with Crippen LogP contribution in [0.1, 0.15) is 32.1 Å². The van der Waals surface area contributed by atoms with Gasteiger partial charge in [0.2, 0.25) is 17.8 Å². The summed E-state index contributed by atoms with van der Waals surface area (Å²) in [4.78, 5) is 37.3. The number of aromatic nitrogens is 2. The van der Waals surface area contributed by atoms with Crippen molar-refractivity contribution in [3.63, 3.8) is 0 Å². The van der Waals surface area contributed by atoms with Crippen molar-refractivity contribution in [3.8, 4) is 0 Å². The Balaban J connectivity index is 1.38. The molecule has 2 heterocycles. The lowest BCUT2D eigenvalue weighted by Gasteiger charge is -2.69. The molecule has 1 aliphatic heterocycles. The minimum atomic E-state index is -0.388. The monoisotopic (exact) mass is 358 g/mol. The van der Waals surface area contributed by atoms with Crippen LogP contribution >= 0.6 is 0 Å². The summed E-state index contributed by atoms with van der Waals surface area (Å²) in [6.45, 7) is 1.93. The van der Waals surface area contributed by atoms with Gasteiger partial charge in [-0.3, -0.25) is 9.59 Å². The van der Waals surface area contributed by atoms with E-state index in [4.69, 9.17) is 5.73 Å². The summed E-state index contributed by atoms with van der Waals surface area (Å²) in [7, 11) is 3.65. The highest BCUT2D eigenvalue weighted by Crippen LogP contribution is 2.74. The van der Waals surface area contributed by atoms with Gasteiger partial charge in [0.25, 0.3) is 0 Å². The van der Waals surface area contributed by atoms with Gasteiger partial charge >= 0.3 is 0 Å². The Morgan fingerprint density at radius 1 is 1.08 bits per heavy atom. The summed E-state index contributed by atoms with van der Waals surface area (Å²) in [5.41, 5.74) is 5.43. The van der Waals surface area contributed by atoms with Crippen molar-refractivity contribution in [1.82, 2.24) is 20.2 Å². The number of carbonyl (C=O) groups excluding carboxylic acids is 2. The number of nitrogens with two attached hydrogens (primary N) is 1. The Hall–Kier alpha value is -2.22. The molecule has 5 rings (SSSR count). The van der Waals surface area contributed by atoms with Gasteiger partial charge in [0, 0.05) is 20.1 Å². The number of nitrogen functional groups attached to an aromatic ring is 1. The highest BCUT2D eigenvalue weighted by atomic mass is 16.2. The second-order valence-electron chi connectivity index (χ2n) is 8.15. The van der Waals surface area contributed by atoms with E-state index < -0.39 is 0 Å². The Labute approximate surface area is 153 Å². The first-order valence-corrected chi connectivity index (χ1v) is 9.21. The third-order valence-electron chi connectivity index (χ3n) is 6.46. The van der Waals surface area contributed by atoms with Crippen molar-refractivity contribution in [2.24, 2.45) is 10.8 Å². The van der Waals surface area contributed by atoms with Crippen LogP contribution in [0.5, 0.6) is 0 Å². The van der Waals surface area contributed by atoms with Gasteiger partial charge in [0.1, 0.15) is 0 Å². The lowest BCUT2D eigenvalue weighted by Crippen LogP contribution is -2.73. The van der Waals surface area contributed by atoms with Crippen molar-refractivity contribution < 1.29 is 9.59 Å². The molecular formula is C18H26N6O2. The summed E-state index contributed by atoms with van der Waals surface area (Å²) in [6.07, 6.45) is 7.09. The average Bonchev–Trinajstić information content (AvgIpc) is 2.59. The first kappa shape index (κ1) is 17.2. The molecule has 8 heteroatoms. The zero-order valence-corrected chi connectivity index (χ0v) is 15.4. The normalized spacial score (nSPS) is 30.1. The van der Waals surface area contributed by atoms with Crippen molar-refractivity contribution in [2.45, 2.75) is 38.1 Å². The van der Waals surface area contributed by atoms with Crippen molar-refractivity contribution in [2.75, 3.05) is 37.8 Å². The number of nitrogens with zero attached hydrogens (tertiary/aromatic N) is 4. The molecule has 3 N–H and O–H groups in total. The molecule has 26 heavy (non-hydrogen) atoms. The summed E-state index contributed by atoms with van der Waals surface area (Å²) < 4.78 is 0. The van der Waals surface area contributed by atoms with E-state index in [9.17, 15) is 9.59 Å². The van der Waals surface area contributed by atoms with Gasteiger partial charge in [0.15, 0.2) is 0 Å². The van der Waals surface area contributed by atoms with Crippen LogP contribution in [0, 0.1) is 10.8 Å². The van der Waals surface area contributed by atoms with Crippen LogP contribution in [0.25, 0.3) is 0 Å². The molecular weight excluding hydrogens is 332 g/mol. The lowest BCUT2D eigenvalue weighted by atomic mass is 9.34. The number of hydrogen-bond donors (Lipinski definition) is 2. The fraction of sp³-hybridized carbons (Fsp3) is 0.667. The molecule has 2 amide bonds. The molecule has 0 aromatic carbocycles. The number of rotatable bonds is 4. The molecule has 4 aliphatic rings. The van der Waals surface area contributed by atoms with Gasteiger partial charge in [-0.2, -0.15) is 0 Å². The highest BCUT2D eigenvalue weighted by molar-refractivity contribution is 6.03. The van der Waals surface area contributed by atoms with Gasteiger partial charge in [-0.15, -0.1) is 0 Å². The van der Waals surface area contributed by atoms with E-state index in [0.29, 0.717) is 31.0 Å². The molecule has 0 unspecified atom stereocenters. The summed E-state index contributed by atoms with van der Waals surface area (Å²) in [5.74, 6) is 0.452. The Kier molecular flexibility index (Phi) is 3.91. The van der Waals surface area contributed by atoms with Gasteiger partial charge in [0.05, 0.1) is 28.9 Å². The zero-order valence-electron chi connectivity index (χ0n) is 15.4. The van der Waals surface area contributed by atoms with Crippen LogP contribution < -0.4 is 16.0 Å². The average molecular weight is 358 g/mol. The molecule has 1 saturated heterocycles. The molecule has 0 spiro atoms. The largest absolute Gasteiger partial charge is 0.368 e. The molecule has 3 saturated carbocycles. The number of hydrogen-bond acceptors (Lipinski definition) is 6. The number of amides is 2. The molecule has 1 aromatic rings. The molecule has 4 fully saturated rings. The first-order valence-electron chi connectivity index (χ1n) is 9.21. The minimum absolute atomic E-state index is 0.0464. The van der Waals surface area contributed by atoms with E-state index in [1.165, 1.54) is 0 Å². The Bertz CT molecular complexity index is 708. The van der Waals surface area contributed by atoms with E-state index in [2.05, 4.69) is 15.3 Å².